The van der Waals surface area contributed by atoms with E-state index in [-0.39, 0.29) is 6.61 Å². The molecule has 0 saturated carbocycles. The molecular weight excluding hydrogens is 172 g/mol. The Hall–Kier alpha value is -0.840. The standard InChI is InChI=1S/C6H13N.C2H5NO3/c1-7-5-3-2-4-6-7;1-2-6-3(4)5/h2-6H2,1H3;2H2,1H3. The molecule has 0 unspecified atom stereocenters. The molecule has 0 radical (unpaired) electrons. The first-order valence-electron chi connectivity index (χ1n) is 4.62. The van der Waals surface area contributed by atoms with E-state index < -0.39 is 5.09 Å². The molecule has 0 aromatic carbocycles. The Kier molecular flexibility index (Phi) is 7.29. The summed E-state index contributed by atoms with van der Waals surface area (Å²) in [5.41, 5.74) is 0. The van der Waals surface area contributed by atoms with Gasteiger partial charge in [-0.05, 0) is 39.9 Å². The fourth-order valence-electron chi connectivity index (χ4n) is 1.16. The second kappa shape index (κ2) is 7.79. The third-order valence-corrected chi connectivity index (χ3v) is 1.81. The van der Waals surface area contributed by atoms with Gasteiger partial charge in [-0.1, -0.05) is 6.42 Å². The summed E-state index contributed by atoms with van der Waals surface area (Å²) < 4.78 is 0. The summed E-state index contributed by atoms with van der Waals surface area (Å²) >= 11 is 0. The maximum Gasteiger partial charge on any atom is 0.294 e. The highest BCUT2D eigenvalue weighted by Gasteiger charge is 2.02. The van der Waals surface area contributed by atoms with Crippen molar-refractivity contribution in [3.63, 3.8) is 0 Å². The Balaban J connectivity index is 0.000000226. The van der Waals surface area contributed by atoms with Crippen molar-refractivity contribution in [2.24, 2.45) is 0 Å². The number of likely N-dealkylation sites (tertiary alicyclic amines) is 1. The molecule has 0 atom stereocenters. The zero-order valence-electron chi connectivity index (χ0n) is 8.36. The molecule has 0 aromatic rings. The van der Waals surface area contributed by atoms with Gasteiger partial charge >= 0.3 is 0 Å². The van der Waals surface area contributed by atoms with Crippen LogP contribution in [-0.2, 0) is 4.84 Å². The van der Waals surface area contributed by atoms with Crippen LogP contribution in [0.4, 0.5) is 0 Å². The van der Waals surface area contributed by atoms with Gasteiger partial charge in [0.15, 0.2) is 0 Å². The van der Waals surface area contributed by atoms with Crippen molar-refractivity contribution < 1.29 is 9.92 Å². The van der Waals surface area contributed by atoms with E-state index in [1.165, 1.54) is 32.4 Å². The second-order valence-electron chi connectivity index (χ2n) is 3.01. The average Bonchev–Trinajstić information content (AvgIpc) is 2.06. The number of nitrogens with zero attached hydrogens (tertiary/aromatic N) is 2. The summed E-state index contributed by atoms with van der Waals surface area (Å²) in [5, 5.41) is 8.36. The van der Waals surface area contributed by atoms with E-state index in [0.29, 0.717) is 0 Å². The highest BCUT2D eigenvalue weighted by Crippen LogP contribution is 2.04. The molecule has 0 bridgehead atoms. The molecule has 0 aliphatic carbocycles. The topological polar surface area (TPSA) is 55.6 Å². The third kappa shape index (κ3) is 9.07. The van der Waals surface area contributed by atoms with Crippen molar-refractivity contribution in [3.8, 4) is 0 Å². The molecule has 0 spiro atoms. The van der Waals surface area contributed by atoms with Crippen molar-refractivity contribution in [2.45, 2.75) is 26.2 Å². The van der Waals surface area contributed by atoms with Crippen LogP contribution >= 0.6 is 0 Å². The molecule has 78 valence electrons. The highest BCUT2D eigenvalue weighted by molar-refractivity contribution is 4.58. The molecule has 0 aromatic heterocycles. The summed E-state index contributed by atoms with van der Waals surface area (Å²) in [6.07, 6.45) is 4.28. The van der Waals surface area contributed by atoms with Gasteiger partial charge in [-0.15, -0.1) is 10.1 Å². The van der Waals surface area contributed by atoms with Crippen LogP contribution in [0.5, 0.6) is 0 Å². The average molecular weight is 190 g/mol. The molecule has 1 heterocycles. The summed E-state index contributed by atoms with van der Waals surface area (Å²) in [7, 11) is 2.19. The Morgan fingerprint density at radius 2 is 1.92 bits per heavy atom. The third-order valence-electron chi connectivity index (χ3n) is 1.81. The van der Waals surface area contributed by atoms with Crippen LogP contribution in [0, 0.1) is 10.1 Å². The Morgan fingerprint density at radius 1 is 1.38 bits per heavy atom. The first kappa shape index (κ1) is 12.2. The second-order valence-corrected chi connectivity index (χ2v) is 3.01. The van der Waals surface area contributed by atoms with Crippen molar-refractivity contribution in [1.29, 1.82) is 0 Å². The monoisotopic (exact) mass is 190 g/mol. The van der Waals surface area contributed by atoms with Gasteiger partial charge in [0.1, 0.15) is 0 Å². The molecule has 1 fully saturated rings. The van der Waals surface area contributed by atoms with Gasteiger partial charge in [0, 0.05) is 0 Å². The lowest BCUT2D eigenvalue weighted by atomic mass is 10.1. The predicted molar refractivity (Wildman–Crippen MR) is 50.0 cm³/mol. The molecule has 13 heavy (non-hydrogen) atoms. The number of hydrogen-bond donors (Lipinski definition) is 0. The van der Waals surface area contributed by atoms with Gasteiger partial charge in [0.25, 0.3) is 5.09 Å². The minimum atomic E-state index is -0.819. The van der Waals surface area contributed by atoms with Crippen molar-refractivity contribution in [2.75, 3.05) is 26.7 Å². The lowest BCUT2D eigenvalue weighted by Gasteiger charge is -2.20. The normalized spacial score (nSPS) is 17.1. The number of rotatable bonds is 2. The van der Waals surface area contributed by atoms with Crippen LogP contribution in [0.1, 0.15) is 26.2 Å². The fraction of sp³-hybridized carbons (Fsp3) is 1.00. The zero-order chi connectivity index (χ0) is 10.1. The SMILES string of the molecule is CCO[N+](=O)[O-].CN1CCCCC1. The van der Waals surface area contributed by atoms with Gasteiger partial charge in [-0.3, -0.25) is 0 Å². The first-order valence-corrected chi connectivity index (χ1v) is 4.62. The molecule has 5 heteroatoms. The molecule has 1 aliphatic heterocycles. The quantitative estimate of drug-likeness (QED) is 0.486. The van der Waals surface area contributed by atoms with Gasteiger partial charge in [0.05, 0.1) is 6.61 Å². The smallest absolute Gasteiger partial charge is 0.294 e. The van der Waals surface area contributed by atoms with Crippen molar-refractivity contribution in [3.05, 3.63) is 10.1 Å². The lowest BCUT2D eigenvalue weighted by Crippen LogP contribution is -2.24. The number of piperidine rings is 1. The fourth-order valence-corrected chi connectivity index (χ4v) is 1.16. The van der Waals surface area contributed by atoms with Gasteiger partial charge in [0.2, 0.25) is 0 Å². The van der Waals surface area contributed by atoms with Gasteiger partial charge in [-0.2, -0.15) is 0 Å². The van der Waals surface area contributed by atoms with Gasteiger partial charge < -0.3 is 9.74 Å². The largest absolute Gasteiger partial charge is 0.314 e. The van der Waals surface area contributed by atoms with E-state index >= 15 is 0 Å². The molecule has 0 N–H and O–H groups in total. The van der Waals surface area contributed by atoms with E-state index in [1.54, 1.807) is 6.92 Å². The molecule has 1 rings (SSSR count). The minimum absolute atomic E-state index is 0.132. The van der Waals surface area contributed by atoms with E-state index in [1.807, 2.05) is 0 Å². The van der Waals surface area contributed by atoms with Crippen LogP contribution < -0.4 is 0 Å². The van der Waals surface area contributed by atoms with E-state index in [2.05, 4.69) is 16.8 Å². The predicted octanol–water partition coefficient (Wildman–Crippen LogP) is 1.32. The first-order chi connectivity index (χ1) is 6.16. The highest BCUT2D eigenvalue weighted by atomic mass is 16.9. The summed E-state index contributed by atoms with van der Waals surface area (Å²) in [6.45, 7) is 4.33. The minimum Gasteiger partial charge on any atom is -0.314 e. The van der Waals surface area contributed by atoms with Crippen molar-refractivity contribution in [1.82, 2.24) is 4.90 Å². The summed E-state index contributed by atoms with van der Waals surface area (Å²) in [5.74, 6) is 0. The van der Waals surface area contributed by atoms with Crippen LogP contribution in [0.2, 0.25) is 0 Å². The number of hydrogen-bond acceptors (Lipinski definition) is 4. The van der Waals surface area contributed by atoms with Crippen molar-refractivity contribution >= 4 is 0 Å². The van der Waals surface area contributed by atoms with Crippen LogP contribution in [0.15, 0.2) is 0 Å². The van der Waals surface area contributed by atoms with Crippen LogP contribution in [-0.4, -0.2) is 36.7 Å². The lowest BCUT2D eigenvalue weighted by molar-refractivity contribution is -0.756. The van der Waals surface area contributed by atoms with Crippen LogP contribution in [0.3, 0.4) is 0 Å². The maximum atomic E-state index is 9.18. The summed E-state index contributed by atoms with van der Waals surface area (Å²) in [4.78, 5) is 15.3. The van der Waals surface area contributed by atoms with E-state index in [9.17, 15) is 10.1 Å². The van der Waals surface area contributed by atoms with E-state index in [0.717, 1.165) is 0 Å². The molecule has 0 amide bonds. The van der Waals surface area contributed by atoms with Gasteiger partial charge in [-0.25, -0.2) is 0 Å². The van der Waals surface area contributed by atoms with Crippen LogP contribution in [0.25, 0.3) is 0 Å². The molecule has 1 aliphatic rings. The Labute approximate surface area is 78.8 Å². The molecule has 5 nitrogen and oxygen atoms in total. The summed E-state index contributed by atoms with van der Waals surface area (Å²) in [6, 6.07) is 0. The molecule has 1 saturated heterocycles. The Morgan fingerprint density at radius 3 is 2.08 bits per heavy atom. The maximum absolute atomic E-state index is 9.18. The van der Waals surface area contributed by atoms with E-state index in [4.69, 9.17) is 0 Å². The Bertz CT molecular complexity index is 135. The zero-order valence-corrected chi connectivity index (χ0v) is 8.36. The molecular formula is C8H18N2O3.